The molecule has 110 valence electrons. The summed E-state index contributed by atoms with van der Waals surface area (Å²) in [6, 6.07) is 1.18. The molecule has 0 aromatic heterocycles. The first kappa shape index (κ1) is 16.0. The number of amides is 1. The number of halogens is 2. The maximum absolute atomic E-state index is 13.1. The Kier molecular flexibility index (Phi) is 4.78. The van der Waals surface area contributed by atoms with Crippen LogP contribution in [0, 0.1) is 11.6 Å². The molecule has 0 spiro atoms. The van der Waals surface area contributed by atoms with Crippen LogP contribution < -0.4 is 10.6 Å². The Hall–Kier alpha value is -2.02. The molecule has 7 heteroatoms. The summed E-state index contributed by atoms with van der Waals surface area (Å²) in [5.74, 6) is -4.52. The molecule has 1 aromatic carbocycles. The molecule has 1 amide bonds. The highest BCUT2D eigenvalue weighted by Gasteiger charge is 2.18. The smallest absolute Gasteiger partial charge is 0.337 e. The van der Waals surface area contributed by atoms with E-state index < -0.39 is 29.1 Å². The molecular formula is C13H16F2N2O3. The number of benzene rings is 1. The second-order valence-corrected chi connectivity index (χ2v) is 5.27. The summed E-state index contributed by atoms with van der Waals surface area (Å²) >= 11 is 0. The molecule has 0 aliphatic rings. The van der Waals surface area contributed by atoms with E-state index in [0.29, 0.717) is 12.1 Å². The molecule has 0 heterocycles. The van der Waals surface area contributed by atoms with Gasteiger partial charge in [-0.1, -0.05) is 0 Å². The SMILES string of the molecule is CC(C)(C)NCC(=O)Nc1cc(F)c(F)cc1C(=O)O. The Morgan fingerprint density at radius 2 is 1.75 bits per heavy atom. The van der Waals surface area contributed by atoms with E-state index in [1.807, 2.05) is 20.8 Å². The summed E-state index contributed by atoms with van der Waals surface area (Å²) in [5, 5.41) is 14.0. The molecule has 0 saturated carbocycles. The van der Waals surface area contributed by atoms with E-state index in [-0.39, 0.29) is 17.8 Å². The summed E-state index contributed by atoms with van der Waals surface area (Å²) < 4.78 is 26.1. The van der Waals surface area contributed by atoms with E-state index >= 15 is 0 Å². The van der Waals surface area contributed by atoms with Gasteiger partial charge in [0.2, 0.25) is 5.91 Å². The largest absolute Gasteiger partial charge is 0.478 e. The lowest BCUT2D eigenvalue weighted by molar-refractivity contribution is -0.115. The van der Waals surface area contributed by atoms with Crippen molar-refractivity contribution >= 4 is 17.6 Å². The average Bonchev–Trinajstić information content (AvgIpc) is 2.29. The molecular weight excluding hydrogens is 270 g/mol. The quantitative estimate of drug-likeness (QED) is 0.791. The number of carbonyl (C=O) groups is 2. The van der Waals surface area contributed by atoms with Crippen molar-refractivity contribution in [3.8, 4) is 0 Å². The normalized spacial score (nSPS) is 11.2. The molecule has 20 heavy (non-hydrogen) atoms. The number of carbonyl (C=O) groups excluding carboxylic acids is 1. The van der Waals surface area contributed by atoms with Crippen LogP contribution >= 0.6 is 0 Å². The number of carboxylic acid groups (broad SMARTS) is 1. The molecule has 0 aliphatic heterocycles. The zero-order chi connectivity index (χ0) is 15.5. The number of rotatable bonds is 4. The fourth-order valence-corrected chi connectivity index (χ4v) is 1.37. The first-order chi connectivity index (χ1) is 9.10. The summed E-state index contributed by atoms with van der Waals surface area (Å²) in [5.41, 5.74) is -1.09. The van der Waals surface area contributed by atoms with E-state index in [9.17, 15) is 18.4 Å². The standard InChI is InChI=1S/C13H16F2N2O3/c1-13(2,3)16-6-11(18)17-10-5-9(15)8(14)4-7(10)12(19)20/h4-5,16H,6H2,1-3H3,(H,17,18)(H,19,20). The number of hydrogen-bond acceptors (Lipinski definition) is 3. The van der Waals surface area contributed by atoms with Crippen molar-refractivity contribution in [2.75, 3.05) is 11.9 Å². The van der Waals surface area contributed by atoms with Gasteiger partial charge in [0.05, 0.1) is 17.8 Å². The van der Waals surface area contributed by atoms with Crippen molar-refractivity contribution in [2.24, 2.45) is 0 Å². The van der Waals surface area contributed by atoms with Crippen LogP contribution in [0.5, 0.6) is 0 Å². The van der Waals surface area contributed by atoms with Crippen molar-refractivity contribution in [2.45, 2.75) is 26.3 Å². The molecule has 1 aromatic rings. The van der Waals surface area contributed by atoms with Crippen LogP contribution in [0.4, 0.5) is 14.5 Å². The number of aromatic carboxylic acids is 1. The van der Waals surface area contributed by atoms with Gasteiger partial charge in [-0.05, 0) is 26.8 Å². The first-order valence-electron chi connectivity index (χ1n) is 5.87. The van der Waals surface area contributed by atoms with Gasteiger partial charge >= 0.3 is 5.97 Å². The van der Waals surface area contributed by atoms with Crippen LogP contribution in [0.2, 0.25) is 0 Å². The predicted octanol–water partition coefficient (Wildman–Crippen LogP) is 1.99. The van der Waals surface area contributed by atoms with Gasteiger partial charge in [-0.2, -0.15) is 0 Å². The highest BCUT2D eigenvalue weighted by atomic mass is 19.2. The van der Waals surface area contributed by atoms with Crippen LogP contribution in [-0.2, 0) is 4.79 Å². The summed E-state index contributed by atoms with van der Waals surface area (Å²) in [6.07, 6.45) is 0. The van der Waals surface area contributed by atoms with Crippen molar-refractivity contribution in [3.63, 3.8) is 0 Å². The lowest BCUT2D eigenvalue weighted by atomic mass is 10.1. The fraction of sp³-hybridized carbons (Fsp3) is 0.385. The molecule has 0 unspecified atom stereocenters. The molecule has 0 radical (unpaired) electrons. The third-order valence-electron chi connectivity index (χ3n) is 2.34. The number of hydrogen-bond donors (Lipinski definition) is 3. The lowest BCUT2D eigenvalue weighted by Gasteiger charge is -2.20. The monoisotopic (exact) mass is 286 g/mol. The van der Waals surface area contributed by atoms with Gasteiger partial charge in [0.15, 0.2) is 11.6 Å². The third kappa shape index (κ3) is 4.58. The highest BCUT2D eigenvalue weighted by Crippen LogP contribution is 2.20. The topological polar surface area (TPSA) is 78.4 Å². The Labute approximate surface area is 115 Å². The molecule has 3 N–H and O–H groups in total. The van der Waals surface area contributed by atoms with Gasteiger partial charge in [0, 0.05) is 11.6 Å². The van der Waals surface area contributed by atoms with E-state index in [4.69, 9.17) is 5.11 Å². The molecule has 0 atom stereocenters. The van der Waals surface area contributed by atoms with Gasteiger partial charge in [0.25, 0.3) is 0 Å². The minimum atomic E-state index is -1.46. The van der Waals surface area contributed by atoms with E-state index in [1.165, 1.54) is 0 Å². The second kappa shape index (κ2) is 5.96. The Morgan fingerprint density at radius 1 is 1.20 bits per heavy atom. The summed E-state index contributed by atoms with van der Waals surface area (Å²) in [6.45, 7) is 5.46. The maximum atomic E-state index is 13.1. The van der Waals surface area contributed by atoms with Gasteiger partial charge in [0.1, 0.15) is 0 Å². The van der Waals surface area contributed by atoms with E-state index in [0.717, 1.165) is 0 Å². The molecule has 0 bridgehead atoms. The summed E-state index contributed by atoms with van der Waals surface area (Å²) in [7, 11) is 0. The Bertz CT molecular complexity index is 539. The predicted molar refractivity (Wildman–Crippen MR) is 69.7 cm³/mol. The number of carboxylic acids is 1. The first-order valence-corrected chi connectivity index (χ1v) is 5.87. The van der Waals surface area contributed by atoms with Crippen molar-refractivity contribution < 1.29 is 23.5 Å². The van der Waals surface area contributed by atoms with Crippen LogP contribution in [-0.4, -0.2) is 29.1 Å². The fourth-order valence-electron chi connectivity index (χ4n) is 1.37. The minimum absolute atomic E-state index is 0.0818. The molecule has 0 fully saturated rings. The van der Waals surface area contributed by atoms with Gasteiger partial charge < -0.3 is 15.7 Å². The second-order valence-electron chi connectivity index (χ2n) is 5.27. The van der Waals surface area contributed by atoms with Crippen LogP contribution in [0.3, 0.4) is 0 Å². The Morgan fingerprint density at radius 3 is 2.25 bits per heavy atom. The molecule has 5 nitrogen and oxygen atoms in total. The van der Waals surface area contributed by atoms with E-state index in [1.54, 1.807) is 0 Å². The zero-order valence-electron chi connectivity index (χ0n) is 11.4. The maximum Gasteiger partial charge on any atom is 0.337 e. The third-order valence-corrected chi connectivity index (χ3v) is 2.34. The highest BCUT2D eigenvalue weighted by molar-refractivity contribution is 6.01. The van der Waals surface area contributed by atoms with Crippen LogP contribution in [0.15, 0.2) is 12.1 Å². The van der Waals surface area contributed by atoms with Crippen molar-refractivity contribution in [1.29, 1.82) is 0 Å². The molecule has 0 saturated heterocycles. The van der Waals surface area contributed by atoms with Gasteiger partial charge in [-0.3, -0.25) is 4.79 Å². The van der Waals surface area contributed by atoms with Crippen molar-refractivity contribution in [3.05, 3.63) is 29.3 Å². The average molecular weight is 286 g/mol. The van der Waals surface area contributed by atoms with E-state index in [2.05, 4.69) is 10.6 Å². The molecule has 0 aliphatic carbocycles. The number of anilines is 1. The number of nitrogens with one attached hydrogen (secondary N) is 2. The minimum Gasteiger partial charge on any atom is -0.478 e. The van der Waals surface area contributed by atoms with Crippen LogP contribution in [0.1, 0.15) is 31.1 Å². The Balaban J connectivity index is 2.89. The van der Waals surface area contributed by atoms with Gasteiger partial charge in [-0.15, -0.1) is 0 Å². The lowest BCUT2D eigenvalue weighted by Crippen LogP contribution is -2.41. The van der Waals surface area contributed by atoms with Crippen LogP contribution in [0.25, 0.3) is 0 Å². The zero-order valence-corrected chi connectivity index (χ0v) is 11.4. The molecule has 1 rings (SSSR count). The van der Waals surface area contributed by atoms with Gasteiger partial charge in [-0.25, -0.2) is 13.6 Å². The summed E-state index contributed by atoms with van der Waals surface area (Å²) in [4.78, 5) is 22.6. The van der Waals surface area contributed by atoms with Crippen molar-refractivity contribution in [1.82, 2.24) is 5.32 Å².